The van der Waals surface area contributed by atoms with Crippen molar-refractivity contribution < 1.29 is 9.21 Å². The minimum absolute atomic E-state index is 0.0790. The average molecular weight is 431 g/mol. The maximum Gasteiger partial charge on any atom is 0.268 e. The quantitative estimate of drug-likeness (QED) is 0.396. The third-order valence-electron chi connectivity index (χ3n) is 3.44. The van der Waals surface area contributed by atoms with E-state index in [-0.39, 0.29) is 5.57 Å². The molecule has 1 aromatic carbocycles. The van der Waals surface area contributed by atoms with E-state index in [9.17, 15) is 10.1 Å². The molecule has 0 saturated heterocycles. The highest BCUT2D eigenvalue weighted by atomic mass is 35.5. The Balaban J connectivity index is 1.68. The van der Waals surface area contributed by atoms with Crippen LogP contribution in [0.2, 0.25) is 5.02 Å². The number of aromatic nitrogens is 2. The number of halogens is 1. The number of carbonyl (C=O) groups excluding carboxylic acids is 1. The molecule has 3 aromatic rings. The van der Waals surface area contributed by atoms with E-state index in [2.05, 4.69) is 15.5 Å². The fraction of sp³-hybridized carbons (Fsp3) is 0.158. The molecule has 0 fully saturated rings. The zero-order chi connectivity index (χ0) is 19.9. The summed E-state index contributed by atoms with van der Waals surface area (Å²) in [6, 6.07) is 12.7. The van der Waals surface area contributed by atoms with Crippen molar-refractivity contribution in [1.82, 2.24) is 10.2 Å². The van der Waals surface area contributed by atoms with Crippen LogP contribution >= 0.6 is 34.7 Å². The molecule has 3 rings (SSSR count). The van der Waals surface area contributed by atoms with Crippen LogP contribution in [0, 0.1) is 11.3 Å². The minimum atomic E-state index is -0.551. The largest absolute Gasteiger partial charge is 0.450 e. The molecule has 28 heavy (non-hydrogen) atoms. The maximum absolute atomic E-state index is 12.3. The van der Waals surface area contributed by atoms with Gasteiger partial charge in [-0.15, -0.1) is 10.2 Å². The van der Waals surface area contributed by atoms with Crippen molar-refractivity contribution in [2.45, 2.75) is 29.8 Å². The fourth-order valence-corrected chi connectivity index (χ4v) is 3.90. The molecule has 0 aliphatic heterocycles. The normalized spacial score (nSPS) is 11.2. The summed E-state index contributed by atoms with van der Waals surface area (Å²) in [4.78, 5) is 13.3. The first-order valence-electron chi connectivity index (χ1n) is 8.36. The summed E-state index contributed by atoms with van der Waals surface area (Å²) in [6.45, 7) is 2.04. The lowest BCUT2D eigenvalue weighted by Gasteiger charge is -1.99. The summed E-state index contributed by atoms with van der Waals surface area (Å²) in [7, 11) is 0. The summed E-state index contributed by atoms with van der Waals surface area (Å²) in [5.74, 6) is -0.142. The van der Waals surface area contributed by atoms with Gasteiger partial charge in [0.25, 0.3) is 5.91 Å². The first kappa shape index (κ1) is 20.1. The van der Waals surface area contributed by atoms with Crippen LogP contribution in [0.3, 0.4) is 0 Å². The van der Waals surface area contributed by atoms with Gasteiger partial charge in [-0.2, -0.15) is 5.26 Å². The second kappa shape index (κ2) is 9.55. The van der Waals surface area contributed by atoms with Crippen molar-refractivity contribution in [3.8, 4) is 6.07 Å². The lowest BCUT2D eigenvalue weighted by atomic mass is 10.2. The predicted molar refractivity (Wildman–Crippen MR) is 110 cm³/mol. The van der Waals surface area contributed by atoms with E-state index in [1.54, 1.807) is 24.3 Å². The van der Waals surface area contributed by atoms with E-state index < -0.39 is 5.91 Å². The molecule has 0 radical (unpaired) electrons. The highest BCUT2D eigenvalue weighted by Gasteiger charge is 2.14. The van der Waals surface area contributed by atoms with Gasteiger partial charge in [0.1, 0.15) is 22.4 Å². The Morgan fingerprint density at radius 3 is 2.82 bits per heavy atom. The predicted octanol–water partition coefficient (Wildman–Crippen LogP) is 5.43. The Morgan fingerprint density at radius 2 is 2.11 bits per heavy atom. The number of nitriles is 1. The maximum atomic E-state index is 12.3. The van der Waals surface area contributed by atoms with Crippen LogP contribution in [0.5, 0.6) is 0 Å². The van der Waals surface area contributed by atoms with E-state index in [4.69, 9.17) is 16.0 Å². The summed E-state index contributed by atoms with van der Waals surface area (Å²) in [6.07, 6.45) is 3.14. The number of nitrogens with one attached hydrogen (secondary N) is 1. The Bertz CT molecular complexity index is 1030. The van der Waals surface area contributed by atoms with Crippen LogP contribution < -0.4 is 5.32 Å². The van der Waals surface area contributed by atoms with Crippen molar-refractivity contribution in [2.75, 3.05) is 5.32 Å². The first-order valence-corrected chi connectivity index (χ1v) is 10.4. The molecule has 1 amide bonds. The third-order valence-corrected chi connectivity index (χ3v) is 5.52. The van der Waals surface area contributed by atoms with Gasteiger partial charge in [-0.3, -0.25) is 10.1 Å². The number of benzene rings is 1. The zero-order valence-electron chi connectivity index (χ0n) is 14.8. The van der Waals surface area contributed by atoms with Gasteiger partial charge in [0.05, 0.1) is 0 Å². The molecular formula is C19H15ClN4O2S2. The van der Waals surface area contributed by atoms with Gasteiger partial charge in [-0.25, -0.2) is 0 Å². The average Bonchev–Trinajstić information content (AvgIpc) is 3.31. The fourth-order valence-electron chi connectivity index (χ4n) is 2.16. The molecular weight excluding hydrogens is 416 g/mol. The first-order chi connectivity index (χ1) is 13.6. The Morgan fingerprint density at radius 1 is 1.32 bits per heavy atom. The number of furan rings is 1. The molecule has 0 bridgehead atoms. The Hall–Kier alpha value is -2.60. The number of hydrogen-bond donors (Lipinski definition) is 1. The molecule has 0 spiro atoms. The Kier molecular flexibility index (Phi) is 6.87. The monoisotopic (exact) mass is 430 g/mol. The van der Waals surface area contributed by atoms with Crippen LogP contribution in [0.4, 0.5) is 5.13 Å². The number of anilines is 1. The number of hydrogen-bond acceptors (Lipinski definition) is 7. The highest BCUT2D eigenvalue weighted by Crippen LogP contribution is 2.30. The van der Waals surface area contributed by atoms with Crippen LogP contribution in [0.1, 0.15) is 24.1 Å². The van der Waals surface area contributed by atoms with Crippen molar-refractivity contribution >= 4 is 51.8 Å². The third kappa shape index (κ3) is 5.45. The molecule has 142 valence electrons. The number of aryl methyl sites for hydroxylation is 1. The zero-order valence-corrected chi connectivity index (χ0v) is 17.2. The number of amides is 1. The van der Waals surface area contributed by atoms with E-state index in [1.165, 1.54) is 29.2 Å². The van der Waals surface area contributed by atoms with Gasteiger partial charge in [-0.05, 0) is 42.8 Å². The summed E-state index contributed by atoms with van der Waals surface area (Å²) < 4.78 is 5.68. The smallest absolute Gasteiger partial charge is 0.268 e. The van der Waals surface area contributed by atoms with Gasteiger partial charge < -0.3 is 4.42 Å². The SMILES string of the molecule is CCCc1nnc(NC(=O)/C(C#N)=C\c2ccc(Sc3ccc(Cl)cc3)o2)s1. The topological polar surface area (TPSA) is 91.8 Å². The molecule has 0 atom stereocenters. The number of carbonyl (C=O) groups is 1. The van der Waals surface area contributed by atoms with Crippen LogP contribution in [-0.2, 0) is 11.2 Å². The minimum Gasteiger partial charge on any atom is -0.450 e. The Labute approximate surface area is 175 Å². The molecule has 0 aliphatic carbocycles. The van der Waals surface area contributed by atoms with E-state index in [0.717, 1.165) is 22.7 Å². The number of rotatable bonds is 7. The van der Waals surface area contributed by atoms with E-state index in [1.807, 2.05) is 25.1 Å². The standard InChI is InChI=1S/C19H15ClN4O2S2/c1-2-3-16-23-24-19(28-16)22-18(25)12(11-21)10-14-6-9-17(26-14)27-15-7-4-13(20)5-8-15/h4-10H,2-3H2,1H3,(H,22,24,25)/b12-10-. The molecule has 0 saturated carbocycles. The molecule has 6 nitrogen and oxygen atoms in total. The van der Waals surface area contributed by atoms with E-state index in [0.29, 0.717) is 21.0 Å². The second-order valence-corrected chi connectivity index (χ2v) is 8.16. The molecule has 2 aromatic heterocycles. The highest BCUT2D eigenvalue weighted by molar-refractivity contribution is 7.99. The lowest BCUT2D eigenvalue weighted by Crippen LogP contribution is -2.13. The van der Waals surface area contributed by atoms with Crippen LogP contribution in [0.25, 0.3) is 6.08 Å². The molecule has 0 aliphatic rings. The molecule has 1 N–H and O–H groups in total. The van der Waals surface area contributed by atoms with Crippen molar-refractivity contribution in [3.05, 3.63) is 57.8 Å². The van der Waals surface area contributed by atoms with Crippen LogP contribution in [-0.4, -0.2) is 16.1 Å². The van der Waals surface area contributed by atoms with Gasteiger partial charge in [0, 0.05) is 22.4 Å². The summed E-state index contributed by atoms with van der Waals surface area (Å²) in [5.41, 5.74) is -0.0790. The van der Waals surface area contributed by atoms with E-state index >= 15 is 0 Å². The summed E-state index contributed by atoms with van der Waals surface area (Å²) >= 11 is 8.59. The molecule has 9 heteroatoms. The van der Waals surface area contributed by atoms with Gasteiger partial charge >= 0.3 is 0 Å². The second-order valence-electron chi connectivity index (χ2n) is 5.59. The van der Waals surface area contributed by atoms with Crippen molar-refractivity contribution in [3.63, 3.8) is 0 Å². The molecule has 2 heterocycles. The van der Waals surface area contributed by atoms with Crippen molar-refractivity contribution in [1.29, 1.82) is 5.26 Å². The van der Waals surface area contributed by atoms with Gasteiger partial charge in [0.15, 0.2) is 5.09 Å². The summed E-state index contributed by atoms with van der Waals surface area (Å²) in [5, 5.41) is 22.4. The van der Waals surface area contributed by atoms with Crippen molar-refractivity contribution in [2.24, 2.45) is 0 Å². The number of nitrogens with zero attached hydrogens (tertiary/aromatic N) is 3. The molecule has 0 unspecified atom stereocenters. The van der Waals surface area contributed by atoms with Gasteiger partial charge in [0.2, 0.25) is 5.13 Å². The van der Waals surface area contributed by atoms with Crippen LogP contribution in [0.15, 0.2) is 56.4 Å². The lowest BCUT2D eigenvalue weighted by molar-refractivity contribution is -0.112. The van der Waals surface area contributed by atoms with Gasteiger partial charge in [-0.1, -0.05) is 41.6 Å².